The van der Waals surface area contributed by atoms with E-state index < -0.39 is 0 Å². The lowest BCUT2D eigenvalue weighted by Gasteiger charge is -2.16. The van der Waals surface area contributed by atoms with Gasteiger partial charge in [0.1, 0.15) is 5.75 Å². The summed E-state index contributed by atoms with van der Waals surface area (Å²) in [4.78, 5) is 2.46. The highest BCUT2D eigenvalue weighted by Crippen LogP contribution is 2.19. The van der Waals surface area contributed by atoms with Crippen LogP contribution in [-0.2, 0) is 6.54 Å². The number of likely N-dealkylation sites (tertiary alicyclic amines) is 1. The fourth-order valence-corrected chi connectivity index (χ4v) is 2.28. The summed E-state index contributed by atoms with van der Waals surface area (Å²) in [6.07, 6.45) is 1.24. The fourth-order valence-electron chi connectivity index (χ4n) is 2.28. The maximum absolute atomic E-state index is 5.69. The van der Waals surface area contributed by atoms with Gasteiger partial charge in [-0.05, 0) is 43.1 Å². The van der Waals surface area contributed by atoms with Crippen LogP contribution < -0.4 is 10.5 Å². The minimum atomic E-state index is 0.686. The van der Waals surface area contributed by atoms with Gasteiger partial charge in [-0.25, -0.2) is 0 Å². The Hall–Kier alpha value is -1.06. The minimum absolute atomic E-state index is 0.686. The molecule has 0 bridgehead atoms. The third-order valence-corrected chi connectivity index (χ3v) is 3.24. The van der Waals surface area contributed by atoms with Crippen LogP contribution in [0.1, 0.15) is 12.0 Å². The van der Waals surface area contributed by atoms with Crippen LogP contribution in [0.3, 0.4) is 0 Å². The lowest BCUT2D eigenvalue weighted by atomic mass is 10.1. The Morgan fingerprint density at radius 1 is 1.50 bits per heavy atom. The van der Waals surface area contributed by atoms with Gasteiger partial charge in [0.05, 0.1) is 7.11 Å². The number of hydrogen-bond donors (Lipinski definition) is 1. The van der Waals surface area contributed by atoms with Crippen LogP contribution in [-0.4, -0.2) is 31.6 Å². The van der Waals surface area contributed by atoms with E-state index in [0.717, 1.165) is 25.4 Å². The number of benzene rings is 1. The third kappa shape index (κ3) is 2.74. The Balaban J connectivity index is 1.94. The van der Waals surface area contributed by atoms with Crippen molar-refractivity contribution in [3.63, 3.8) is 0 Å². The van der Waals surface area contributed by atoms with Crippen molar-refractivity contribution in [1.82, 2.24) is 4.90 Å². The van der Waals surface area contributed by atoms with E-state index in [2.05, 4.69) is 17.0 Å². The molecule has 1 aliphatic heterocycles. The van der Waals surface area contributed by atoms with Gasteiger partial charge in [0.15, 0.2) is 0 Å². The smallest absolute Gasteiger partial charge is 0.119 e. The van der Waals surface area contributed by atoms with Crippen molar-refractivity contribution < 1.29 is 4.74 Å². The largest absolute Gasteiger partial charge is 0.497 e. The Bertz CT molecular complexity index is 340. The SMILES string of the molecule is COc1cccc(CN2CCC(CN)C2)c1. The number of rotatable bonds is 4. The van der Waals surface area contributed by atoms with Crippen LogP contribution in [0.25, 0.3) is 0 Å². The van der Waals surface area contributed by atoms with Crippen molar-refractivity contribution >= 4 is 0 Å². The summed E-state index contributed by atoms with van der Waals surface area (Å²) in [7, 11) is 1.71. The van der Waals surface area contributed by atoms with Crippen LogP contribution in [0.15, 0.2) is 24.3 Å². The summed E-state index contributed by atoms with van der Waals surface area (Å²) in [6, 6.07) is 8.29. The average molecular weight is 220 g/mol. The zero-order chi connectivity index (χ0) is 11.4. The third-order valence-electron chi connectivity index (χ3n) is 3.24. The van der Waals surface area contributed by atoms with Crippen molar-refractivity contribution in [1.29, 1.82) is 0 Å². The van der Waals surface area contributed by atoms with Gasteiger partial charge in [0.25, 0.3) is 0 Å². The predicted octanol–water partition coefficient (Wildman–Crippen LogP) is 1.48. The first kappa shape index (κ1) is 11.4. The maximum atomic E-state index is 5.69. The number of ether oxygens (including phenoxy) is 1. The first-order valence-electron chi connectivity index (χ1n) is 5.87. The molecule has 16 heavy (non-hydrogen) atoms. The summed E-state index contributed by atoms with van der Waals surface area (Å²) >= 11 is 0. The Morgan fingerprint density at radius 2 is 2.38 bits per heavy atom. The van der Waals surface area contributed by atoms with Gasteiger partial charge in [-0.3, -0.25) is 4.90 Å². The van der Waals surface area contributed by atoms with Gasteiger partial charge in [0, 0.05) is 13.1 Å². The molecule has 1 unspecified atom stereocenters. The zero-order valence-corrected chi connectivity index (χ0v) is 9.86. The van der Waals surface area contributed by atoms with Gasteiger partial charge in [0.2, 0.25) is 0 Å². The molecule has 0 amide bonds. The summed E-state index contributed by atoms with van der Waals surface area (Å²) in [5.74, 6) is 1.62. The van der Waals surface area contributed by atoms with E-state index in [9.17, 15) is 0 Å². The highest BCUT2D eigenvalue weighted by molar-refractivity contribution is 5.28. The monoisotopic (exact) mass is 220 g/mol. The second kappa shape index (κ2) is 5.32. The van der Waals surface area contributed by atoms with Crippen molar-refractivity contribution in [3.8, 4) is 5.75 Å². The molecule has 2 N–H and O–H groups in total. The van der Waals surface area contributed by atoms with E-state index in [1.54, 1.807) is 7.11 Å². The normalized spacial score (nSPS) is 21.2. The first-order chi connectivity index (χ1) is 7.81. The molecule has 0 radical (unpaired) electrons. The second-order valence-electron chi connectivity index (χ2n) is 4.48. The second-order valence-corrected chi connectivity index (χ2v) is 4.48. The van der Waals surface area contributed by atoms with Crippen molar-refractivity contribution in [2.24, 2.45) is 11.7 Å². The lowest BCUT2D eigenvalue weighted by molar-refractivity contribution is 0.317. The minimum Gasteiger partial charge on any atom is -0.497 e. The van der Waals surface area contributed by atoms with E-state index in [-0.39, 0.29) is 0 Å². The van der Waals surface area contributed by atoms with Gasteiger partial charge >= 0.3 is 0 Å². The van der Waals surface area contributed by atoms with Gasteiger partial charge < -0.3 is 10.5 Å². The molecule has 1 fully saturated rings. The van der Waals surface area contributed by atoms with Crippen LogP contribution in [0.2, 0.25) is 0 Å². The predicted molar refractivity (Wildman–Crippen MR) is 65.4 cm³/mol. The summed E-state index contributed by atoms with van der Waals surface area (Å²) in [6.45, 7) is 4.12. The zero-order valence-electron chi connectivity index (χ0n) is 9.86. The van der Waals surface area contributed by atoms with Crippen molar-refractivity contribution in [3.05, 3.63) is 29.8 Å². The molecule has 1 heterocycles. The number of hydrogen-bond acceptors (Lipinski definition) is 3. The number of nitrogens with zero attached hydrogens (tertiary/aromatic N) is 1. The van der Waals surface area contributed by atoms with Gasteiger partial charge in [-0.15, -0.1) is 0 Å². The number of nitrogens with two attached hydrogens (primary N) is 1. The molecule has 0 spiro atoms. The molecule has 1 atom stereocenters. The molecular formula is C13H20N2O. The van der Waals surface area contributed by atoms with E-state index in [1.165, 1.54) is 18.5 Å². The molecule has 1 aromatic rings. The lowest BCUT2D eigenvalue weighted by Crippen LogP contribution is -2.22. The molecule has 0 aromatic heterocycles. The summed E-state index contributed by atoms with van der Waals surface area (Å²) < 4.78 is 5.22. The quantitative estimate of drug-likeness (QED) is 0.835. The Morgan fingerprint density at radius 3 is 3.06 bits per heavy atom. The molecular weight excluding hydrogens is 200 g/mol. The highest BCUT2D eigenvalue weighted by Gasteiger charge is 2.20. The van der Waals surface area contributed by atoms with Gasteiger partial charge in [-0.1, -0.05) is 12.1 Å². The van der Waals surface area contributed by atoms with E-state index in [4.69, 9.17) is 10.5 Å². The average Bonchev–Trinajstić information content (AvgIpc) is 2.77. The fraction of sp³-hybridized carbons (Fsp3) is 0.538. The molecule has 2 rings (SSSR count). The molecule has 1 saturated heterocycles. The molecule has 1 aromatic carbocycles. The standard InChI is InChI=1S/C13H20N2O/c1-16-13-4-2-3-11(7-13)9-15-6-5-12(8-14)10-15/h2-4,7,12H,5-6,8-10,14H2,1H3. The first-order valence-corrected chi connectivity index (χ1v) is 5.87. The molecule has 3 heteroatoms. The van der Waals surface area contributed by atoms with E-state index in [1.807, 2.05) is 12.1 Å². The van der Waals surface area contributed by atoms with Crippen LogP contribution in [0, 0.1) is 5.92 Å². The van der Waals surface area contributed by atoms with E-state index in [0.29, 0.717) is 5.92 Å². The molecule has 0 saturated carbocycles. The maximum Gasteiger partial charge on any atom is 0.119 e. The van der Waals surface area contributed by atoms with Crippen LogP contribution in [0.4, 0.5) is 0 Å². The van der Waals surface area contributed by atoms with Gasteiger partial charge in [-0.2, -0.15) is 0 Å². The molecule has 3 nitrogen and oxygen atoms in total. The highest BCUT2D eigenvalue weighted by atomic mass is 16.5. The van der Waals surface area contributed by atoms with Crippen molar-refractivity contribution in [2.75, 3.05) is 26.7 Å². The van der Waals surface area contributed by atoms with Crippen molar-refractivity contribution in [2.45, 2.75) is 13.0 Å². The number of methoxy groups -OCH3 is 1. The van der Waals surface area contributed by atoms with Crippen LogP contribution >= 0.6 is 0 Å². The summed E-state index contributed by atoms with van der Waals surface area (Å²) in [5.41, 5.74) is 7.01. The van der Waals surface area contributed by atoms with Crippen LogP contribution in [0.5, 0.6) is 5.75 Å². The topological polar surface area (TPSA) is 38.5 Å². The Kier molecular flexibility index (Phi) is 3.80. The molecule has 88 valence electrons. The molecule has 0 aliphatic carbocycles. The Labute approximate surface area is 97.2 Å². The molecule has 1 aliphatic rings. The van der Waals surface area contributed by atoms with E-state index >= 15 is 0 Å². The summed E-state index contributed by atoms with van der Waals surface area (Å²) in [5, 5.41) is 0.